The molecule has 3 rings (SSSR count). The first-order valence-electron chi connectivity index (χ1n) is 8.99. The first-order valence-corrected chi connectivity index (χ1v) is 9.37. The standard InChI is InChI=1S/C23H22ClNO2/c1-2-22(17-9-4-3-5-10-17)25-23(26)18-12-8-13-20(15-18)27-16-19-11-6-7-14-21(19)24/h3-15,22H,2,16H2,1H3,(H,25,26). The molecule has 138 valence electrons. The third-order valence-corrected chi connectivity index (χ3v) is 4.73. The van der Waals surface area contributed by atoms with Crippen molar-refractivity contribution < 1.29 is 9.53 Å². The highest BCUT2D eigenvalue weighted by atomic mass is 35.5. The summed E-state index contributed by atoms with van der Waals surface area (Å²) in [6.45, 7) is 2.41. The van der Waals surface area contributed by atoms with Crippen LogP contribution in [-0.4, -0.2) is 5.91 Å². The number of hydrogen-bond acceptors (Lipinski definition) is 2. The maximum Gasteiger partial charge on any atom is 0.251 e. The molecule has 0 saturated heterocycles. The lowest BCUT2D eigenvalue weighted by Gasteiger charge is -2.18. The minimum absolute atomic E-state index is 0.0219. The lowest BCUT2D eigenvalue weighted by atomic mass is 10.0. The molecule has 0 fully saturated rings. The van der Waals surface area contributed by atoms with Gasteiger partial charge in [-0.05, 0) is 36.2 Å². The molecule has 1 unspecified atom stereocenters. The Labute approximate surface area is 164 Å². The topological polar surface area (TPSA) is 38.3 Å². The Kier molecular flexibility index (Phi) is 6.50. The van der Waals surface area contributed by atoms with Gasteiger partial charge in [-0.25, -0.2) is 0 Å². The second-order valence-electron chi connectivity index (χ2n) is 6.25. The fourth-order valence-corrected chi connectivity index (χ4v) is 3.04. The molecule has 3 nitrogen and oxygen atoms in total. The molecule has 0 radical (unpaired) electrons. The molecular formula is C23H22ClNO2. The van der Waals surface area contributed by atoms with E-state index in [1.807, 2.05) is 66.7 Å². The van der Waals surface area contributed by atoms with Crippen LogP contribution in [0.1, 0.15) is 40.9 Å². The van der Waals surface area contributed by atoms with Crippen molar-refractivity contribution in [2.75, 3.05) is 0 Å². The Balaban J connectivity index is 1.67. The molecule has 0 saturated carbocycles. The molecule has 3 aromatic rings. The van der Waals surface area contributed by atoms with Crippen molar-refractivity contribution in [1.82, 2.24) is 5.32 Å². The zero-order valence-electron chi connectivity index (χ0n) is 15.2. The van der Waals surface area contributed by atoms with Crippen LogP contribution < -0.4 is 10.1 Å². The van der Waals surface area contributed by atoms with Gasteiger partial charge in [0.2, 0.25) is 0 Å². The van der Waals surface area contributed by atoms with E-state index >= 15 is 0 Å². The predicted molar refractivity (Wildman–Crippen MR) is 109 cm³/mol. The van der Waals surface area contributed by atoms with Crippen LogP contribution in [0, 0.1) is 0 Å². The minimum Gasteiger partial charge on any atom is -0.489 e. The van der Waals surface area contributed by atoms with Crippen molar-refractivity contribution >= 4 is 17.5 Å². The first kappa shape index (κ1) is 19.0. The lowest BCUT2D eigenvalue weighted by molar-refractivity contribution is 0.0935. The number of carbonyl (C=O) groups excluding carboxylic acids is 1. The number of ether oxygens (including phenoxy) is 1. The third-order valence-electron chi connectivity index (χ3n) is 4.36. The van der Waals surface area contributed by atoms with Crippen molar-refractivity contribution in [3.8, 4) is 5.75 Å². The molecule has 1 amide bonds. The molecular weight excluding hydrogens is 358 g/mol. The molecule has 0 aliphatic rings. The van der Waals surface area contributed by atoms with E-state index in [0.717, 1.165) is 17.5 Å². The number of rotatable bonds is 7. The van der Waals surface area contributed by atoms with Crippen LogP contribution >= 0.6 is 11.6 Å². The van der Waals surface area contributed by atoms with Gasteiger partial charge >= 0.3 is 0 Å². The Morgan fingerprint density at radius 2 is 1.74 bits per heavy atom. The maximum atomic E-state index is 12.7. The second kappa shape index (κ2) is 9.24. The van der Waals surface area contributed by atoms with Gasteiger partial charge in [0.15, 0.2) is 0 Å². The summed E-state index contributed by atoms with van der Waals surface area (Å²) in [5.74, 6) is 0.518. The average Bonchev–Trinajstić information content (AvgIpc) is 2.72. The smallest absolute Gasteiger partial charge is 0.251 e. The zero-order chi connectivity index (χ0) is 19.1. The van der Waals surface area contributed by atoms with Gasteiger partial charge in [0, 0.05) is 16.1 Å². The number of hydrogen-bond donors (Lipinski definition) is 1. The van der Waals surface area contributed by atoms with E-state index in [1.165, 1.54) is 0 Å². The van der Waals surface area contributed by atoms with Crippen molar-refractivity contribution in [3.63, 3.8) is 0 Å². The zero-order valence-corrected chi connectivity index (χ0v) is 15.9. The van der Waals surface area contributed by atoms with Crippen molar-refractivity contribution in [2.45, 2.75) is 26.0 Å². The summed E-state index contributed by atoms with van der Waals surface area (Å²) < 4.78 is 5.82. The lowest BCUT2D eigenvalue weighted by Crippen LogP contribution is -2.28. The van der Waals surface area contributed by atoms with Gasteiger partial charge < -0.3 is 10.1 Å². The van der Waals surface area contributed by atoms with Gasteiger partial charge in [0.25, 0.3) is 5.91 Å². The van der Waals surface area contributed by atoms with Crippen LogP contribution in [0.5, 0.6) is 5.75 Å². The van der Waals surface area contributed by atoms with E-state index < -0.39 is 0 Å². The first-order chi connectivity index (χ1) is 13.2. The van der Waals surface area contributed by atoms with Crippen molar-refractivity contribution in [1.29, 1.82) is 0 Å². The van der Waals surface area contributed by atoms with Crippen LogP contribution in [0.25, 0.3) is 0 Å². The number of amides is 1. The van der Waals surface area contributed by atoms with Gasteiger partial charge in [-0.2, -0.15) is 0 Å². The normalized spacial score (nSPS) is 11.6. The van der Waals surface area contributed by atoms with E-state index in [4.69, 9.17) is 16.3 Å². The van der Waals surface area contributed by atoms with E-state index in [2.05, 4.69) is 12.2 Å². The highest BCUT2D eigenvalue weighted by Crippen LogP contribution is 2.21. The molecule has 4 heteroatoms. The van der Waals surface area contributed by atoms with Crippen molar-refractivity contribution in [3.05, 3.63) is 101 Å². The molecule has 1 atom stereocenters. The second-order valence-corrected chi connectivity index (χ2v) is 6.66. The molecule has 0 aliphatic heterocycles. The molecule has 0 spiro atoms. The fourth-order valence-electron chi connectivity index (χ4n) is 2.85. The van der Waals surface area contributed by atoms with Crippen LogP contribution in [0.2, 0.25) is 5.02 Å². The number of nitrogens with one attached hydrogen (secondary N) is 1. The Hall–Kier alpha value is -2.78. The quantitative estimate of drug-likeness (QED) is 0.563. The minimum atomic E-state index is -0.117. The summed E-state index contributed by atoms with van der Waals surface area (Å²) in [5, 5.41) is 3.76. The number of carbonyl (C=O) groups is 1. The van der Waals surface area contributed by atoms with Gasteiger partial charge in [-0.3, -0.25) is 4.79 Å². The predicted octanol–water partition coefficient (Wildman–Crippen LogP) is 5.80. The summed E-state index contributed by atoms with van der Waals surface area (Å²) in [5.41, 5.74) is 2.57. The van der Waals surface area contributed by atoms with Crippen LogP contribution in [0.4, 0.5) is 0 Å². The van der Waals surface area contributed by atoms with Crippen molar-refractivity contribution in [2.24, 2.45) is 0 Å². The summed E-state index contributed by atoms with van der Waals surface area (Å²) >= 11 is 6.16. The molecule has 0 bridgehead atoms. The molecule has 0 heterocycles. The Morgan fingerprint density at radius 3 is 2.48 bits per heavy atom. The van der Waals surface area contributed by atoms with Crippen LogP contribution in [-0.2, 0) is 6.61 Å². The molecule has 0 aromatic heterocycles. The summed E-state index contributed by atoms with van der Waals surface area (Å²) in [6.07, 6.45) is 0.818. The fraction of sp³-hybridized carbons (Fsp3) is 0.174. The SMILES string of the molecule is CCC(NC(=O)c1cccc(OCc2ccccc2Cl)c1)c1ccccc1. The summed E-state index contributed by atoms with van der Waals surface area (Å²) in [7, 11) is 0. The van der Waals surface area contributed by atoms with E-state index in [0.29, 0.717) is 22.9 Å². The van der Waals surface area contributed by atoms with E-state index in [-0.39, 0.29) is 11.9 Å². The summed E-state index contributed by atoms with van der Waals surface area (Å²) in [4.78, 5) is 12.7. The van der Waals surface area contributed by atoms with Gasteiger partial charge in [-0.15, -0.1) is 0 Å². The molecule has 27 heavy (non-hydrogen) atoms. The van der Waals surface area contributed by atoms with Crippen LogP contribution in [0.3, 0.4) is 0 Å². The third kappa shape index (κ3) is 5.11. The number of benzene rings is 3. The van der Waals surface area contributed by atoms with Gasteiger partial charge in [-0.1, -0.05) is 73.1 Å². The highest BCUT2D eigenvalue weighted by molar-refractivity contribution is 6.31. The highest BCUT2D eigenvalue weighted by Gasteiger charge is 2.14. The number of halogens is 1. The van der Waals surface area contributed by atoms with Gasteiger partial charge in [0.05, 0.1) is 6.04 Å². The Bertz CT molecular complexity index is 896. The largest absolute Gasteiger partial charge is 0.489 e. The van der Waals surface area contributed by atoms with Gasteiger partial charge in [0.1, 0.15) is 12.4 Å². The average molecular weight is 380 g/mol. The molecule has 0 aliphatic carbocycles. The van der Waals surface area contributed by atoms with E-state index in [9.17, 15) is 4.79 Å². The van der Waals surface area contributed by atoms with Crippen LogP contribution in [0.15, 0.2) is 78.9 Å². The van der Waals surface area contributed by atoms with E-state index in [1.54, 1.807) is 12.1 Å². The maximum absolute atomic E-state index is 12.7. The summed E-state index contributed by atoms with van der Waals surface area (Å²) in [6, 6.07) is 24.7. The monoisotopic (exact) mass is 379 g/mol. The molecule has 3 aromatic carbocycles. The Morgan fingerprint density at radius 1 is 1.00 bits per heavy atom. The molecule has 1 N–H and O–H groups in total.